The Labute approximate surface area is 168 Å². The van der Waals surface area contributed by atoms with Crippen LogP contribution in [0, 0.1) is 0 Å². The summed E-state index contributed by atoms with van der Waals surface area (Å²) in [6, 6.07) is 0. The van der Waals surface area contributed by atoms with Crippen LogP contribution in [0.25, 0.3) is 0 Å². The fraction of sp³-hybridized carbons (Fsp3) is 0.765. The molecule has 1 heterocycles. The molecule has 0 aromatic rings. The van der Waals surface area contributed by atoms with E-state index in [-0.39, 0.29) is 6.61 Å². The first-order chi connectivity index (χ1) is 12.5. The highest BCUT2D eigenvalue weighted by atomic mass is 32.2. The molecule has 0 unspecified atom stereocenters. The lowest BCUT2D eigenvalue weighted by Gasteiger charge is -2.46. The summed E-state index contributed by atoms with van der Waals surface area (Å²) >= 11 is 6.04. The van der Waals surface area contributed by atoms with Crippen molar-refractivity contribution in [1.82, 2.24) is 0 Å². The van der Waals surface area contributed by atoms with Gasteiger partial charge in [-0.15, -0.1) is 11.8 Å². The molecule has 1 aliphatic rings. The number of ether oxygens (including phenoxy) is 4. The molecule has 0 aromatic carbocycles. The highest BCUT2D eigenvalue weighted by molar-refractivity contribution is 8.12. The van der Waals surface area contributed by atoms with Crippen LogP contribution in [-0.2, 0) is 38.1 Å². The molecular formula is C17H26O8S2. The lowest BCUT2D eigenvalue weighted by molar-refractivity contribution is -0.173. The molecule has 1 rings (SSSR count). The minimum Gasteiger partial charge on any atom is -0.462 e. The maximum atomic E-state index is 11.6. The van der Waals surface area contributed by atoms with Crippen LogP contribution in [0.5, 0.6) is 0 Å². The third-order valence-electron chi connectivity index (χ3n) is 3.87. The monoisotopic (exact) mass is 422 g/mol. The first kappa shape index (κ1) is 23.6. The molecule has 1 aliphatic heterocycles. The summed E-state index contributed by atoms with van der Waals surface area (Å²) in [5.41, 5.74) is 0. The molecule has 8 nitrogen and oxygen atoms in total. The minimum absolute atomic E-state index is 0.218. The minimum atomic E-state index is -0.905. The smallest absolute Gasteiger partial charge is 0.303 e. The van der Waals surface area contributed by atoms with Gasteiger partial charge in [-0.2, -0.15) is 12.6 Å². The summed E-state index contributed by atoms with van der Waals surface area (Å²) in [5, 5.41) is -0.646. The Morgan fingerprint density at radius 2 is 1.63 bits per heavy atom. The van der Waals surface area contributed by atoms with Gasteiger partial charge in [0.1, 0.15) is 12.7 Å². The molecule has 10 heteroatoms. The average molecular weight is 423 g/mol. The van der Waals surface area contributed by atoms with Gasteiger partial charge in [0.05, 0.1) is 9.33 Å². The van der Waals surface area contributed by atoms with Crippen molar-refractivity contribution in [1.29, 1.82) is 0 Å². The average Bonchev–Trinajstić information content (AvgIpc) is 2.52. The lowest BCUT2D eigenvalue weighted by Crippen LogP contribution is -2.55. The van der Waals surface area contributed by atoms with Gasteiger partial charge in [0, 0.05) is 34.1 Å². The van der Waals surface area contributed by atoms with E-state index >= 15 is 0 Å². The molecule has 0 bridgehead atoms. The Hall–Kier alpha value is -1.42. The number of thioether (sulfide) groups is 1. The number of hydrogen-bond donors (Lipinski definition) is 1. The zero-order chi connectivity index (χ0) is 20.8. The van der Waals surface area contributed by atoms with Crippen molar-refractivity contribution in [3.63, 3.8) is 0 Å². The van der Waals surface area contributed by atoms with E-state index in [1.165, 1.54) is 39.5 Å². The number of esters is 4. The second kappa shape index (κ2) is 10.2. The van der Waals surface area contributed by atoms with E-state index in [1.54, 1.807) is 0 Å². The Kier molecular flexibility index (Phi) is 8.93. The van der Waals surface area contributed by atoms with E-state index in [9.17, 15) is 19.2 Å². The van der Waals surface area contributed by atoms with E-state index in [0.29, 0.717) is 12.8 Å². The van der Waals surface area contributed by atoms with Gasteiger partial charge < -0.3 is 18.9 Å². The van der Waals surface area contributed by atoms with Gasteiger partial charge in [-0.25, -0.2) is 0 Å². The first-order valence-corrected chi connectivity index (χ1v) is 9.85. The number of hydrogen-bond acceptors (Lipinski definition) is 10. The van der Waals surface area contributed by atoms with E-state index < -0.39 is 51.5 Å². The van der Waals surface area contributed by atoms with Gasteiger partial charge in [0.15, 0.2) is 12.2 Å². The molecule has 0 N–H and O–H groups in total. The van der Waals surface area contributed by atoms with Crippen LogP contribution in [0.1, 0.15) is 47.5 Å². The number of thiol groups is 1. The largest absolute Gasteiger partial charge is 0.462 e. The van der Waals surface area contributed by atoms with Crippen molar-refractivity contribution in [2.75, 3.05) is 6.61 Å². The predicted molar refractivity (Wildman–Crippen MR) is 101 cm³/mol. The topological polar surface area (TPSA) is 105 Å². The first-order valence-electron chi connectivity index (χ1n) is 8.52. The SMILES string of the molecule is CC[C@@]1(S)C[C@H](OC(C)=O)[C@@H](OC(C)=O)[C@@H]([C@@H](COC(C)=O)OC(C)=O)S1. The summed E-state index contributed by atoms with van der Waals surface area (Å²) in [4.78, 5) is 46.0. The Morgan fingerprint density at radius 1 is 1.04 bits per heavy atom. The molecule has 0 amide bonds. The molecule has 0 aromatic heterocycles. The maximum Gasteiger partial charge on any atom is 0.303 e. The number of carbonyl (C=O) groups is 4. The van der Waals surface area contributed by atoms with Gasteiger partial charge in [-0.3, -0.25) is 19.2 Å². The molecule has 0 saturated carbocycles. The second-order valence-electron chi connectivity index (χ2n) is 6.26. The fourth-order valence-corrected chi connectivity index (χ4v) is 4.92. The van der Waals surface area contributed by atoms with Crippen molar-refractivity contribution < 1.29 is 38.1 Å². The number of rotatable bonds is 7. The van der Waals surface area contributed by atoms with E-state index in [4.69, 9.17) is 31.6 Å². The molecule has 154 valence electrons. The fourth-order valence-electron chi connectivity index (χ4n) is 2.79. The zero-order valence-electron chi connectivity index (χ0n) is 16.1. The van der Waals surface area contributed by atoms with Crippen molar-refractivity contribution in [3.8, 4) is 0 Å². The van der Waals surface area contributed by atoms with Crippen LogP contribution in [-0.4, -0.2) is 58.1 Å². The van der Waals surface area contributed by atoms with Gasteiger partial charge in [0.25, 0.3) is 0 Å². The van der Waals surface area contributed by atoms with E-state index in [2.05, 4.69) is 0 Å². The van der Waals surface area contributed by atoms with Crippen LogP contribution < -0.4 is 0 Å². The predicted octanol–water partition coefficient (Wildman–Crippen LogP) is 1.89. The normalized spacial score (nSPS) is 28.6. The second-order valence-corrected chi connectivity index (χ2v) is 8.98. The maximum absolute atomic E-state index is 11.6. The molecule has 1 fully saturated rings. The van der Waals surface area contributed by atoms with Gasteiger partial charge in [0.2, 0.25) is 0 Å². The third kappa shape index (κ3) is 7.61. The lowest BCUT2D eigenvalue weighted by atomic mass is 9.99. The molecule has 0 spiro atoms. The Morgan fingerprint density at radius 3 is 2.07 bits per heavy atom. The van der Waals surface area contributed by atoms with Crippen LogP contribution in [0.4, 0.5) is 0 Å². The third-order valence-corrected chi connectivity index (χ3v) is 6.43. The van der Waals surface area contributed by atoms with Crippen LogP contribution in [0.15, 0.2) is 0 Å². The molecular weight excluding hydrogens is 396 g/mol. The summed E-state index contributed by atoms with van der Waals surface area (Å²) < 4.78 is 20.6. The van der Waals surface area contributed by atoms with Crippen LogP contribution in [0.2, 0.25) is 0 Å². The van der Waals surface area contributed by atoms with E-state index in [0.717, 1.165) is 0 Å². The quantitative estimate of drug-likeness (QED) is 0.374. The summed E-state index contributed by atoms with van der Waals surface area (Å²) in [6.45, 7) is 6.66. The van der Waals surface area contributed by atoms with Gasteiger partial charge in [-0.1, -0.05) is 6.92 Å². The highest BCUT2D eigenvalue weighted by Gasteiger charge is 2.51. The van der Waals surface area contributed by atoms with Gasteiger partial charge in [-0.05, 0) is 6.42 Å². The van der Waals surface area contributed by atoms with Crippen LogP contribution >= 0.6 is 24.4 Å². The van der Waals surface area contributed by atoms with Crippen molar-refractivity contribution in [2.24, 2.45) is 0 Å². The van der Waals surface area contributed by atoms with Crippen LogP contribution in [0.3, 0.4) is 0 Å². The zero-order valence-corrected chi connectivity index (χ0v) is 17.8. The molecule has 0 radical (unpaired) electrons. The van der Waals surface area contributed by atoms with Crippen molar-refractivity contribution >= 4 is 48.3 Å². The summed E-state index contributed by atoms with van der Waals surface area (Å²) in [6.07, 6.45) is -1.61. The molecule has 1 saturated heterocycles. The van der Waals surface area contributed by atoms with Crippen molar-refractivity contribution in [2.45, 2.75) is 75.1 Å². The highest BCUT2D eigenvalue weighted by Crippen LogP contribution is 2.49. The van der Waals surface area contributed by atoms with Crippen molar-refractivity contribution in [3.05, 3.63) is 0 Å². The standard InChI is InChI=1S/C17H26O8S2/c1-6-17(26)7-13(23-10(3)19)15(25-12(5)21)16(27-17)14(24-11(4)20)8-22-9(2)18/h13-16,26H,6-8H2,1-5H3/t13-,14+,15+,16+,17-/m0/s1. The molecule has 5 atom stereocenters. The Bertz CT molecular complexity index is 581. The Balaban J connectivity index is 3.27. The summed E-state index contributed by atoms with van der Waals surface area (Å²) in [7, 11) is 0. The van der Waals surface area contributed by atoms with E-state index in [1.807, 2.05) is 6.92 Å². The summed E-state index contributed by atoms with van der Waals surface area (Å²) in [5.74, 6) is -2.22. The molecule has 0 aliphatic carbocycles. The molecule has 27 heavy (non-hydrogen) atoms. The van der Waals surface area contributed by atoms with Gasteiger partial charge >= 0.3 is 23.9 Å². The number of carbonyl (C=O) groups excluding carboxylic acids is 4.